The van der Waals surface area contributed by atoms with E-state index in [2.05, 4.69) is 54.7 Å². The molecular weight excluding hydrogens is 509 g/mol. The highest BCUT2D eigenvalue weighted by Crippen LogP contribution is 2.22. The minimum absolute atomic E-state index is 0. The van der Waals surface area contributed by atoms with Crippen LogP contribution in [-0.4, -0.2) is 29.2 Å². The molecule has 144 valence electrons. The van der Waals surface area contributed by atoms with Gasteiger partial charge >= 0.3 is 0 Å². The lowest BCUT2D eigenvalue weighted by atomic mass is 10.1. The maximum absolute atomic E-state index is 5.26. The summed E-state index contributed by atoms with van der Waals surface area (Å²) in [5.74, 6) is 2.41. The van der Waals surface area contributed by atoms with Gasteiger partial charge < -0.3 is 15.2 Å². The van der Waals surface area contributed by atoms with E-state index in [0.717, 1.165) is 22.8 Å². The average molecular weight is 536 g/mol. The van der Waals surface area contributed by atoms with E-state index in [1.807, 2.05) is 39.0 Å². The lowest BCUT2D eigenvalue weighted by Gasteiger charge is -2.19. The standard InChI is InChI=1S/C18H26BrN5O.HI/c1-5-20-18(22-13(4)14-8-6-7-9-15(14)19)21-11-10-16-23-17(12(2)3)24-25-16;/h6-9,12-13H,5,10-11H2,1-4H3,(H2,20,21,22);1H. The summed E-state index contributed by atoms with van der Waals surface area (Å²) in [6, 6.07) is 8.31. The first-order chi connectivity index (χ1) is 12.0. The molecule has 6 nitrogen and oxygen atoms in total. The third-order valence-corrected chi connectivity index (χ3v) is 4.39. The van der Waals surface area contributed by atoms with Gasteiger partial charge in [0.05, 0.1) is 12.6 Å². The average Bonchev–Trinajstić information content (AvgIpc) is 3.04. The summed E-state index contributed by atoms with van der Waals surface area (Å²) in [6.07, 6.45) is 0.625. The van der Waals surface area contributed by atoms with Crippen molar-refractivity contribution in [2.24, 2.45) is 4.99 Å². The lowest BCUT2D eigenvalue weighted by Crippen LogP contribution is -2.39. The zero-order valence-corrected chi connectivity index (χ0v) is 19.5. The summed E-state index contributed by atoms with van der Waals surface area (Å²) in [4.78, 5) is 8.99. The predicted molar refractivity (Wildman–Crippen MR) is 119 cm³/mol. The Hall–Kier alpha value is -1.16. The third kappa shape index (κ3) is 6.86. The molecule has 0 saturated heterocycles. The minimum atomic E-state index is 0. The van der Waals surface area contributed by atoms with Crippen LogP contribution in [0.1, 0.15) is 56.9 Å². The lowest BCUT2D eigenvalue weighted by molar-refractivity contribution is 0.372. The van der Waals surface area contributed by atoms with E-state index < -0.39 is 0 Å². The number of benzene rings is 1. The second-order valence-electron chi connectivity index (χ2n) is 6.10. The van der Waals surface area contributed by atoms with Crippen LogP contribution in [0.5, 0.6) is 0 Å². The van der Waals surface area contributed by atoms with Crippen LogP contribution in [0, 0.1) is 0 Å². The van der Waals surface area contributed by atoms with Gasteiger partial charge in [0.1, 0.15) is 0 Å². The highest BCUT2D eigenvalue weighted by molar-refractivity contribution is 14.0. The molecular formula is C18H27BrIN5O. The van der Waals surface area contributed by atoms with E-state index in [9.17, 15) is 0 Å². The van der Waals surface area contributed by atoms with Crippen LogP contribution in [0.2, 0.25) is 0 Å². The van der Waals surface area contributed by atoms with Crippen molar-refractivity contribution in [2.75, 3.05) is 13.1 Å². The molecule has 1 unspecified atom stereocenters. The molecule has 0 aliphatic carbocycles. The van der Waals surface area contributed by atoms with Crippen molar-refractivity contribution in [1.29, 1.82) is 0 Å². The fourth-order valence-corrected chi connectivity index (χ4v) is 2.92. The Morgan fingerprint density at radius 2 is 2.00 bits per heavy atom. The Bertz CT molecular complexity index is 704. The normalized spacial score (nSPS) is 12.6. The molecule has 1 aromatic heterocycles. The van der Waals surface area contributed by atoms with Gasteiger partial charge in [0, 0.05) is 23.4 Å². The molecule has 8 heteroatoms. The van der Waals surface area contributed by atoms with Gasteiger partial charge in [-0.25, -0.2) is 0 Å². The Morgan fingerprint density at radius 1 is 1.27 bits per heavy atom. The van der Waals surface area contributed by atoms with Crippen LogP contribution in [0.15, 0.2) is 38.3 Å². The van der Waals surface area contributed by atoms with Crippen molar-refractivity contribution in [3.8, 4) is 0 Å². The molecule has 0 saturated carbocycles. The number of hydrogen-bond donors (Lipinski definition) is 2. The van der Waals surface area contributed by atoms with Crippen molar-refractivity contribution in [1.82, 2.24) is 20.8 Å². The summed E-state index contributed by atoms with van der Waals surface area (Å²) in [7, 11) is 0. The number of aliphatic imine (C=N–C) groups is 1. The van der Waals surface area contributed by atoms with Crippen LogP contribution in [0.4, 0.5) is 0 Å². The molecule has 0 aliphatic heterocycles. The highest BCUT2D eigenvalue weighted by Gasteiger charge is 2.11. The molecule has 0 amide bonds. The van der Waals surface area contributed by atoms with E-state index in [1.165, 1.54) is 5.56 Å². The smallest absolute Gasteiger partial charge is 0.228 e. The Morgan fingerprint density at radius 3 is 2.62 bits per heavy atom. The molecule has 0 radical (unpaired) electrons. The molecule has 1 aromatic carbocycles. The second kappa shape index (κ2) is 11.5. The van der Waals surface area contributed by atoms with Crippen molar-refractivity contribution in [3.05, 3.63) is 46.0 Å². The minimum Gasteiger partial charge on any atom is -0.357 e. The quantitative estimate of drug-likeness (QED) is 0.311. The Kier molecular flexibility index (Phi) is 10.1. The number of hydrogen-bond acceptors (Lipinski definition) is 4. The topological polar surface area (TPSA) is 75.3 Å². The fourth-order valence-electron chi connectivity index (χ4n) is 2.30. The van der Waals surface area contributed by atoms with Crippen LogP contribution >= 0.6 is 39.9 Å². The first-order valence-electron chi connectivity index (χ1n) is 8.63. The van der Waals surface area contributed by atoms with E-state index in [1.54, 1.807) is 0 Å². The van der Waals surface area contributed by atoms with Gasteiger partial charge in [-0.1, -0.05) is 53.1 Å². The van der Waals surface area contributed by atoms with Crippen LogP contribution in [0.3, 0.4) is 0 Å². The highest BCUT2D eigenvalue weighted by atomic mass is 127. The largest absolute Gasteiger partial charge is 0.357 e. The molecule has 26 heavy (non-hydrogen) atoms. The van der Waals surface area contributed by atoms with Gasteiger partial charge in [-0.3, -0.25) is 4.99 Å². The molecule has 2 N–H and O–H groups in total. The van der Waals surface area contributed by atoms with Crippen molar-refractivity contribution < 1.29 is 4.52 Å². The molecule has 2 rings (SSSR count). The predicted octanol–water partition coefficient (Wildman–Crippen LogP) is 4.43. The number of rotatable bonds is 7. The monoisotopic (exact) mass is 535 g/mol. The second-order valence-corrected chi connectivity index (χ2v) is 6.95. The van der Waals surface area contributed by atoms with Gasteiger partial charge in [0.25, 0.3) is 0 Å². The van der Waals surface area contributed by atoms with Crippen molar-refractivity contribution in [3.63, 3.8) is 0 Å². The van der Waals surface area contributed by atoms with E-state index >= 15 is 0 Å². The van der Waals surface area contributed by atoms with Crippen molar-refractivity contribution in [2.45, 2.75) is 46.1 Å². The van der Waals surface area contributed by atoms with Crippen LogP contribution < -0.4 is 10.6 Å². The molecule has 0 aliphatic rings. The molecule has 1 atom stereocenters. The molecule has 2 aromatic rings. The van der Waals surface area contributed by atoms with Crippen molar-refractivity contribution >= 4 is 45.9 Å². The van der Waals surface area contributed by atoms with E-state index in [4.69, 9.17) is 4.52 Å². The van der Waals surface area contributed by atoms with Gasteiger partial charge in [-0.2, -0.15) is 4.98 Å². The van der Waals surface area contributed by atoms with Gasteiger partial charge in [0.2, 0.25) is 5.89 Å². The molecule has 1 heterocycles. The van der Waals surface area contributed by atoms with Gasteiger partial charge in [0.15, 0.2) is 11.8 Å². The third-order valence-electron chi connectivity index (χ3n) is 3.66. The van der Waals surface area contributed by atoms with Gasteiger partial charge in [-0.05, 0) is 25.5 Å². The maximum atomic E-state index is 5.26. The summed E-state index contributed by atoms with van der Waals surface area (Å²) in [5, 5.41) is 10.7. The zero-order valence-electron chi connectivity index (χ0n) is 15.6. The maximum Gasteiger partial charge on any atom is 0.228 e. The van der Waals surface area contributed by atoms with Gasteiger partial charge in [-0.15, -0.1) is 24.0 Å². The molecule has 0 spiro atoms. The number of guanidine groups is 1. The summed E-state index contributed by atoms with van der Waals surface area (Å²) < 4.78 is 6.34. The van der Waals surface area contributed by atoms with Crippen LogP contribution in [0.25, 0.3) is 0 Å². The molecule has 0 bridgehead atoms. The zero-order chi connectivity index (χ0) is 18.2. The fraction of sp³-hybridized carbons (Fsp3) is 0.500. The summed E-state index contributed by atoms with van der Waals surface area (Å²) in [5.41, 5.74) is 1.19. The number of nitrogens with zero attached hydrogens (tertiary/aromatic N) is 3. The van der Waals surface area contributed by atoms with Crippen LogP contribution in [-0.2, 0) is 6.42 Å². The number of nitrogens with one attached hydrogen (secondary N) is 2. The first-order valence-corrected chi connectivity index (χ1v) is 9.42. The number of halogens is 2. The number of aromatic nitrogens is 2. The van der Waals surface area contributed by atoms with E-state index in [-0.39, 0.29) is 35.9 Å². The Labute approximate surface area is 180 Å². The SMILES string of the molecule is CCNC(=NCCc1nc(C(C)C)no1)NC(C)c1ccccc1Br.I. The van der Waals surface area contributed by atoms with E-state index in [0.29, 0.717) is 18.9 Å². The Balaban J connectivity index is 0.00000338. The summed E-state index contributed by atoms with van der Waals surface area (Å²) in [6.45, 7) is 9.63. The summed E-state index contributed by atoms with van der Waals surface area (Å²) >= 11 is 3.60. The molecule has 0 fully saturated rings. The first kappa shape index (κ1) is 22.9.